The van der Waals surface area contributed by atoms with Crippen LogP contribution < -0.4 is 5.32 Å². The van der Waals surface area contributed by atoms with E-state index in [-0.39, 0.29) is 23.7 Å². The smallest absolute Gasteiger partial charge is 0.361 e. The van der Waals surface area contributed by atoms with Crippen LogP contribution in [0.3, 0.4) is 0 Å². The fourth-order valence-corrected chi connectivity index (χ4v) is 7.21. The number of alkyl halides is 3. The van der Waals surface area contributed by atoms with Gasteiger partial charge in [-0.1, -0.05) is 45.6 Å². The van der Waals surface area contributed by atoms with Crippen molar-refractivity contribution in [2.75, 3.05) is 18.5 Å². The number of nitriles is 1. The molecule has 2 aliphatic heterocycles. The first-order valence-corrected chi connectivity index (χ1v) is 21.4. The van der Waals surface area contributed by atoms with Crippen LogP contribution in [0.5, 0.6) is 0 Å². The van der Waals surface area contributed by atoms with E-state index in [0.29, 0.717) is 42.1 Å². The third kappa shape index (κ3) is 8.63. The molecule has 270 valence electrons. The van der Waals surface area contributed by atoms with Crippen molar-refractivity contribution in [2.45, 2.75) is 95.6 Å². The number of amides is 1. The van der Waals surface area contributed by atoms with Crippen LogP contribution in [0.2, 0.25) is 25.7 Å². The van der Waals surface area contributed by atoms with Crippen molar-refractivity contribution in [1.82, 2.24) is 14.5 Å². The molecule has 50 heavy (non-hydrogen) atoms. The first-order valence-electron chi connectivity index (χ1n) is 16.3. The Balaban J connectivity index is 1.46. The number of carbonyl (C=O) groups is 1. The standard InChI is InChI=1S/C34H42F3N5O6SSi/c1-31(2)11-9-23(10-12-31)28-27(41-30(43)29-39-25(19-38)20-42(29)22-46-15-16-50(4,5)6)8-7-26(40-28)24-17-32(3)13-14-33(18-24,48-32)21-47-49(44,45)34(35,36)37/h7-9,13-14,18,20H,10-12,15-17,21-22H2,1-6H3,(H,41,43). The number of anilines is 1. The predicted octanol–water partition coefficient (Wildman–Crippen LogP) is 7.05. The lowest BCUT2D eigenvalue weighted by atomic mass is 9.77. The number of imidazole rings is 1. The van der Waals surface area contributed by atoms with E-state index in [9.17, 15) is 31.6 Å². The first kappa shape index (κ1) is 37.6. The number of ether oxygens (including phenoxy) is 2. The monoisotopic (exact) mass is 733 g/mol. The van der Waals surface area contributed by atoms with Crippen molar-refractivity contribution in [3.8, 4) is 6.07 Å². The molecular formula is C34H42F3N5O6SSi. The van der Waals surface area contributed by atoms with Crippen LogP contribution in [-0.2, 0) is 30.5 Å². The number of nitrogens with one attached hydrogen (secondary N) is 1. The summed E-state index contributed by atoms with van der Waals surface area (Å²) < 4.78 is 80.3. The number of fused-ring (bicyclic) bond motifs is 2. The number of allylic oxidation sites excluding steroid dienone is 2. The summed E-state index contributed by atoms with van der Waals surface area (Å²) in [6, 6.07) is 6.29. The SMILES string of the molecule is CC1(C)CC=C(c2nc(C3=CC4(COS(=O)(=O)C(F)(F)F)C=CC(C)(C3)O4)ccc2NC(=O)c2nc(C#N)cn2COCC[Si](C)(C)C)CC1. The number of aromatic nitrogens is 3. The minimum Gasteiger partial charge on any atom is -0.361 e. The van der Waals surface area contributed by atoms with Gasteiger partial charge in [-0.25, -0.2) is 9.97 Å². The molecule has 1 N–H and O–H groups in total. The number of rotatable bonds is 12. The molecule has 2 unspecified atom stereocenters. The molecule has 4 heterocycles. The zero-order valence-electron chi connectivity index (χ0n) is 29.0. The van der Waals surface area contributed by atoms with E-state index in [0.717, 1.165) is 24.5 Å². The summed E-state index contributed by atoms with van der Waals surface area (Å²) in [5.74, 6) is -0.559. The lowest BCUT2D eigenvalue weighted by molar-refractivity contribution is -0.0848. The second-order valence-electron chi connectivity index (χ2n) is 15.2. The molecule has 2 aromatic heterocycles. The van der Waals surface area contributed by atoms with Crippen molar-refractivity contribution in [3.63, 3.8) is 0 Å². The van der Waals surface area contributed by atoms with E-state index in [1.807, 2.05) is 6.07 Å². The van der Waals surface area contributed by atoms with Gasteiger partial charge >= 0.3 is 15.6 Å². The van der Waals surface area contributed by atoms with Crippen LogP contribution in [0.25, 0.3) is 11.1 Å². The fourth-order valence-electron chi connectivity index (χ4n) is 5.98. The second kappa shape index (κ2) is 13.5. The van der Waals surface area contributed by atoms with Crippen LogP contribution in [0.15, 0.2) is 42.6 Å². The Morgan fingerprint density at radius 3 is 2.54 bits per heavy atom. The van der Waals surface area contributed by atoms with Gasteiger partial charge in [-0.05, 0) is 73.1 Å². The summed E-state index contributed by atoms with van der Waals surface area (Å²) in [6.07, 6.45) is 10.9. The Morgan fingerprint density at radius 1 is 1.16 bits per heavy atom. The third-order valence-electron chi connectivity index (χ3n) is 8.89. The molecule has 11 nitrogen and oxygen atoms in total. The van der Waals surface area contributed by atoms with Crippen LogP contribution in [0.4, 0.5) is 18.9 Å². The Bertz CT molecular complexity index is 1910. The highest BCUT2D eigenvalue weighted by atomic mass is 32.2. The van der Waals surface area contributed by atoms with Crippen LogP contribution in [-0.4, -0.2) is 66.9 Å². The molecule has 1 aliphatic carbocycles. The van der Waals surface area contributed by atoms with Crippen molar-refractivity contribution in [2.24, 2.45) is 5.41 Å². The van der Waals surface area contributed by atoms with Gasteiger partial charge in [0.2, 0.25) is 5.82 Å². The average molecular weight is 734 g/mol. The number of carbonyl (C=O) groups excluding carboxylic acids is 1. The maximum absolute atomic E-state index is 13.7. The molecule has 0 fully saturated rings. The maximum Gasteiger partial charge on any atom is 0.523 e. The number of pyridine rings is 1. The summed E-state index contributed by atoms with van der Waals surface area (Å²) in [4.78, 5) is 22.9. The van der Waals surface area contributed by atoms with Crippen molar-refractivity contribution >= 4 is 40.9 Å². The molecular weight excluding hydrogens is 692 g/mol. The van der Waals surface area contributed by atoms with Gasteiger partial charge in [-0.15, -0.1) is 0 Å². The summed E-state index contributed by atoms with van der Waals surface area (Å²) >= 11 is 0. The second-order valence-corrected chi connectivity index (χ2v) is 22.5. The molecule has 0 aromatic carbocycles. The summed E-state index contributed by atoms with van der Waals surface area (Å²) in [6.45, 7) is 12.4. The van der Waals surface area contributed by atoms with E-state index >= 15 is 0 Å². The summed E-state index contributed by atoms with van der Waals surface area (Å²) in [5, 5.41) is 12.4. The van der Waals surface area contributed by atoms with Gasteiger partial charge in [0.1, 0.15) is 25.0 Å². The predicted molar refractivity (Wildman–Crippen MR) is 184 cm³/mol. The fraction of sp³-hybridized carbons (Fsp3) is 0.529. The van der Waals surface area contributed by atoms with Gasteiger partial charge in [-0.2, -0.15) is 26.9 Å². The highest BCUT2D eigenvalue weighted by molar-refractivity contribution is 7.87. The molecule has 2 atom stereocenters. The minimum absolute atomic E-state index is 0.00167. The lowest BCUT2D eigenvalue weighted by Gasteiger charge is -2.37. The quantitative estimate of drug-likeness (QED) is 0.0798. The topological polar surface area (TPSA) is 145 Å². The molecule has 0 radical (unpaired) electrons. The molecule has 0 spiro atoms. The van der Waals surface area contributed by atoms with Crippen molar-refractivity contribution in [1.29, 1.82) is 5.26 Å². The van der Waals surface area contributed by atoms with E-state index in [2.05, 4.69) is 54.0 Å². The Kier molecular flexibility index (Phi) is 10.2. The summed E-state index contributed by atoms with van der Waals surface area (Å²) in [5.41, 5.74) is -5.04. The number of nitrogens with zero attached hydrogens (tertiary/aromatic N) is 4. The van der Waals surface area contributed by atoms with E-state index in [1.54, 1.807) is 25.1 Å². The van der Waals surface area contributed by atoms with Gasteiger partial charge < -0.3 is 19.4 Å². The highest BCUT2D eigenvalue weighted by Crippen LogP contribution is 2.46. The molecule has 0 saturated carbocycles. The number of hydrogen-bond acceptors (Lipinski definition) is 9. The zero-order valence-corrected chi connectivity index (χ0v) is 30.8. The van der Waals surface area contributed by atoms with Crippen LogP contribution >= 0.6 is 0 Å². The molecule has 2 aromatic rings. The van der Waals surface area contributed by atoms with E-state index < -0.39 is 47.4 Å². The van der Waals surface area contributed by atoms with Gasteiger partial charge in [0.15, 0.2) is 5.69 Å². The first-order chi connectivity index (χ1) is 23.1. The van der Waals surface area contributed by atoms with Gasteiger partial charge in [0, 0.05) is 27.3 Å². The number of halogens is 3. The Morgan fingerprint density at radius 2 is 1.90 bits per heavy atom. The molecule has 2 bridgehead atoms. The normalized spacial score (nSPS) is 23.3. The van der Waals surface area contributed by atoms with Crippen molar-refractivity contribution in [3.05, 3.63) is 65.5 Å². The van der Waals surface area contributed by atoms with Crippen LogP contribution in [0, 0.1) is 16.7 Å². The third-order valence-corrected chi connectivity index (χ3v) is 11.6. The summed E-state index contributed by atoms with van der Waals surface area (Å²) in [7, 11) is -7.20. The molecule has 3 aliphatic rings. The lowest BCUT2D eigenvalue weighted by Crippen LogP contribution is -2.42. The average Bonchev–Trinajstić information content (AvgIpc) is 3.54. The van der Waals surface area contributed by atoms with E-state index in [1.165, 1.54) is 22.9 Å². The van der Waals surface area contributed by atoms with Gasteiger partial charge in [0.05, 0.1) is 22.7 Å². The maximum atomic E-state index is 13.7. The minimum atomic E-state index is -5.85. The number of hydrogen-bond donors (Lipinski definition) is 1. The Labute approximate surface area is 291 Å². The van der Waals surface area contributed by atoms with E-state index in [4.69, 9.17) is 14.5 Å². The molecule has 5 rings (SSSR count). The highest BCUT2D eigenvalue weighted by Gasteiger charge is 2.51. The Hall–Kier alpha value is -3.62. The zero-order chi connectivity index (χ0) is 36.8. The van der Waals surface area contributed by atoms with Crippen LogP contribution in [0.1, 0.15) is 74.2 Å². The molecule has 1 amide bonds. The van der Waals surface area contributed by atoms with Gasteiger partial charge in [0.25, 0.3) is 5.91 Å². The van der Waals surface area contributed by atoms with Gasteiger partial charge in [-0.3, -0.25) is 8.98 Å². The van der Waals surface area contributed by atoms with Crippen molar-refractivity contribution < 1.29 is 40.0 Å². The molecule has 16 heteroatoms. The largest absolute Gasteiger partial charge is 0.523 e. The molecule has 0 saturated heterocycles.